The molecule has 0 atom stereocenters. The number of carbonyl (C=O) groups excluding carboxylic acids is 1. The summed E-state index contributed by atoms with van der Waals surface area (Å²) in [7, 11) is 0. The first-order valence-electron chi connectivity index (χ1n) is 7.24. The lowest BCUT2D eigenvalue weighted by atomic mass is 10.1. The third-order valence-electron chi connectivity index (χ3n) is 3.27. The van der Waals surface area contributed by atoms with E-state index in [1.807, 2.05) is 41.8 Å². The molecule has 2 rings (SSSR count). The molecule has 0 radical (unpaired) electrons. The quantitative estimate of drug-likeness (QED) is 0.733. The fourth-order valence-electron chi connectivity index (χ4n) is 2.16. The van der Waals surface area contributed by atoms with Crippen LogP contribution in [0.25, 0.3) is 11.1 Å². The zero-order valence-corrected chi connectivity index (χ0v) is 12.7. The lowest BCUT2D eigenvalue weighted by Crippen LogP contribution is -2.24. The van der Waals surface area contributed by atoms with Crippen LogP contribution in [0.4, 0.5) is 0 Å². The van der Waals surface area contributed by atoms with Gasteiger partial charge in [0.15, 0.2) is 0 Å². The van der Waals surface area contributed by atoms with E-state index >= 15 is 0 Å². The number of hydrogen-bond acceptors (Lipinski definition) is 2. The van der Waals surface area contributed by atoms with Gasteiger partial charge < -0.3 is 5.32 Å². The van der Waals surface area contributed by atoms with Gasteiger partial charge in [-0.25, -0.2) is 0 Å². The molecular formula is C17H21NOS. The molecule has 0 fully saturated rings. The first-order valence-corrected chi connectivity index (χ1v) is 8.12. The summed E-state index contributed by atoms with van der Waals surface area (Å²) >= 11 is 1.51. The molecule has 3 heteroatoms. The van der Waals surface area contributed by atoms with Crippen molar-refractivity contribution in [2.24, 2.45) is 0 Å². The van der Waals surface area contributed by atoms with E-state index in [2.05, 4.69) is 12.2 Å². The SMILES string of the molecule is CCCCCCNC(=O)c1sccc1-c1ccccc1. The van der Waals surface area contributed by atoms with Crippen LogP contribution in [0.1, 0.15) is 42.3 Å². The van der Waals surface area contributed by atoms with E-state index in [-0.39, 0.29) is 5.91 Å². The van der Waals surface area contributed by atoms with Crippen molar-refractivity contribution in [3.05, 3.63) is 46.7 Å². The van der Waals surface area contributed by atoms with Gasteiger partial charge >= 0.3 is 0 Å². The first kappa shape index (κ1) is 14.8. The van der Waals surface area contributed by atoms with Gasteiger partial charge in [-0.05, 0) is 23.4 Å². The zero-order valence-electron chi connectivity index (χ0n) is 11.9. The molecule has 0 saturated carbocycles. The number of hydrogen-bond donors (Lipinski definition) is 1. The molecule has 0 aliphatic rings. The number of nitrogens with one attached hydrogen (secondary N) is 1. The van der Waals surface area contributed by atoms with Crippen LogP contribution >= 0.6 is 11.3 Å². The van der Waals surface area contributed by atoms with Crippen molar-refractivity contribution in [1.82, 2.24) is 5.32 Å². The van der Waals surface area contributed by atoms with Crippen LogP contribution in [0.15, 0.2) is 41.8 Å². The summed E-state index contributed by atoms with van der Waals surface area (Å²) in [6.45, 7) is 2.96. The summed E-state index contributed by atoms with van der Waals surface area (Å²) in [5.74, 6) is 0.0513. The second kappa shape index (κ2) is 7.85. The Morgan fingerprint density at radius 2 is 1.90 bits per heavy atom. The molecule has 2 aromatic rings. The van der Waals surface area contributed by atoms with E-state index < -0.39 is 0 Å². The van der Waals surface area contributed by atoms with Crippen molar-refractivity contribution in [2.75, 3.05) is 6.54 Å². The van der Waals surface area contributed by atoms with Crippen molar-refractivity contribution in [3.63, 3.8) is 0 Å². The van der Waals surface area contributed by atoms with Gasteiger partial charge in [-0.2, -0.15) is 0 Å². The lowest BCUT2D eigenvalue weighted by Gasteiger charge is -2.06. The molecule has 1 N–H and O–H groups in total. The van der Waals surface area contributed by atoms with E-state index in [0.717, 1.165) is 29.0 Å². The Kier molecular flexibility index (Phi) is 5.81. The minimum atomic E-state index is 0.0513. The highest BCUT2D eigenvalue weighted by atomic mass is 32.1. The van der Waals surface area contributed by atoms with Gasteiger partial charge in [-0.15, -0.1) is 11.3 Å². The van der Waals surface area contributed by atoms with Gasteiger partial charge in [0, 0.05) is 12.1 Å². The Morgan fingerprint density at radius 1 is 1.10 bits per heavy atom. The van der Waals surface area contributed by atoms with E-state index in [1.54, 1.807) is 0 Å². The maximum atomic E-state index is 12.2. The number of rotatable bonds is 7. The van der Waals surface area contributed by atoms with Crippen LogP contribution in [-0.2, 0) is 0 Å². The molecule has 0 unspecified atom stereocenters. The fraction of sp³-hybridized carbons (Fsp3) is 0.353. The van der Waals surface area contributed by atoms with Crippen molar-refractivity contribution in [3.8, 4) is 11.1 Å². The molecule has 0 aliphatic heterocycles. The summed E-state index contributed by atoms with van der Waals surface area (Å²) < 4.78 is 0. The molecule has 0 aliphatic carbocycles. The van der Waals surface area contributed by atoms with Crippen molar-refractivity contribution in [2.45, 2.75) is 32.6 Å². The summed E-state index contributed by atoms with van der Waals surface area (Å²) in [4.78, 5) is 13.0. The van der Waals surface area contributed by atoms with Gasteiger partial charge in [0.05, 0.1) is 4.88 Å². The highest BCUT2D eigenvalue weighted by Crippen LogP contribution is 2.27. The van der Waals surface area contributed by atoms with Crippen molar-refractivity contribution >= 4 is 17.2 Å². The Bertz CT molecular complexity index is 533. The average Bonchev–Trinajstić information content (AvgIpc) is 2.97. The molecule has 106 valence electrons. The number of benzene rings is 1. The summed E-state index contributed by atoms with van der Waals surface area (Å²) in [6, 6.07) is 12.1. The van der Waals surface area contributed by atoms with Crippen molar-refractivity contribution < 1.29 is 4.79 Å². The van der Waals surface area contributed by atoms with Gasteiger partial charge in [0.1, 0.15) is 0 Å². The third kappa shape index (κ3) is 3.94. The molecule has 2 nitrogen and oxygen atoms in total. The molecule has 1 amide bonds. The smallest absolute Gasteiger partial charge is 0.261 e. The highest BCUT2D eigenvalue weighted by molar-refractivity contribution is 7.12. The summed E-state index contributed by atoms with van der Waals surface area (Å²) in [5.41, 5.74) is 2.13. The second-order valence-electron chi connectivity index (χ2n) is 4.85. The highest BCUT2D eigenvalue weighted by Gasteiger charge is 2.13. The second-order valence-corrected chi connectivity index (χ2v) is 5.76. The monoisotopic (exact) mass is 287 g/mol. The number of unbranched alkanes of at least 4 members (excludes halogenated alkanes) is 3. The Balaban J connectivity index is 1.96. The molecular weight excluding hydrogens is 266 g/mol. The Hall–Kier alpha value is -1.61. The van der Waals surface area contributed by atoms with Crippen LogP contribution in [0.5, 0.6) is 0 Å². The minimum absolute atomic E-state index is 0.0513. The Morgan fingerprint density at radius 3 is 2.65 bits per heavy atom. The van der Waals surface area contributed by atoms with Crippen LogP contribution < -0.4 is 5.32 Å². The van der Waals surface area contributed by atoms with Crippen LogP contribution in [0, 0.1) is 0 Å². The third-order valence-corrected chi connectivity index (χ3v) is 4.19. The largest absolute Gasteiger partial charge is 0.351 e. The van der Waals surface area contributed by atoms with E-state index in [0.29, 0.717) is 0 Å². The summed E-state index contributed by atoms with van der Waals surface area (Å²) in [5, 5.41) is 5.01. The number of thiophene rings is 1. The molecule has 1 aromatic heterocycles. The van der Waals surface area contributed by atoms with E-state index in [4.69, 9.17) is 0 Å². The molecule has 20 heavy (non-hydrogen) atoms. The van der Waals surface area contributed by atoms with E-state index in [9.17, 15) is 4.79 Å². The molecule has 1 heterocycles. The fourth-order valence-corrected chi connectivity index (χ4v) is 3.00. The molecule has 1 aromatic carbocycles. The van der Waals surface area contributed by atoms with Crippen LogP contribution in [0.3, 0.4) is 0 Å². The number of carbonyl (C=O) groups is 1. The zero-order chi connectivity index (χ0) is 14.2. The normalized spacial score (nSPS) is 10.4. The predicted molar refractivity (Wildman–Crippen MR) is 86.2 cm³/mol. The van der Waals surface area contributed by atoms with E-state index in [1.165, 1.54) is 30.6 Å². The molecule has 0 bridgehead atoms. The maximum Gasteiger partial charge on any atom is 0.261 e. The predicted octanol–water partition coefficient (Wildman–Crippen LogP) is 4.73. The van der Waals surface area contributed by atoms with Crippen LogP contribution in [-0.4, -0.2) is 12.5 Å². The standard InChI is InChI=1S/C17H21NOS/c1-2-3-4-8-12-18-17(19)16-15(11-13-20-16)14-9-6-5-7-10-14/h5-7,9-11,13H,2-4,8,12H2,1H3,(H,18,19). The van der Waals surface area contributed by atoms with Gasteiger partial charge in [-0.1, -0.05) is 56.5 Å². The summed E-state index contributed by atoms with van der Waals surface area (Å²) in [6.07, 6.45) is 4.71. The van der Waals surface area contributed by atoms with Crippen molar-refractivity contribution in [1.29, 1.82) is 0 Å². The lowest BCUT2D eigenvalue weighted by molar-refractivity contribution is 0.0957. The number of amides is 1. The topological polar surface area (TPSA) is 29.1 Å². The minimum Gasteiger partial charge on any atom is -0.351 e. The maximum absolute atomic E-state index is 12.2. The van der Waals surface area contributed by atoms with Gasteiger partial charge in [0.25, 0.3) is 5.91 Å². The van der Waals surface area contributed by atoms with Crippen LogP contribution in [0.2, 0.25) is 0 Å². The van der Waals surface area contributed by atoms with Gasteiger partial charge in [-0.3, -0.25) is 4.79 Å². The van der Waals surface area contributed by atoms with Gasteiger partial charge in [0.2, 0.25) is 0 Å². The average molecular weight is 287 g/mol. The molecule has 0 saturated heterocycles. The Labute approximate surface area is 124 Å². The molecule has 0 spiro atoms. The first-order chi connectivity index (χ1) is 9.83.